The van der Waals surface area contributed by atoms with Gasteiger partial charge in [-0.05, 0) is 35.6 Å². The molecular formula is C22H22N4O. The first-order valence-electron chi connectivity index (χ1n) is 9.45. The van der Waals surface area contributed by atoms with E-state index in [0.29, 0.717) is 5.92 Å². The molecule has 1 fully saturated rings. The maximum absolute atomic E-state index is 10.0. The molecule has 5 heteroatoms. The van der Waals surface area contributed by atoms with E-state index in [1.807, 2.05) is 0 Å². The third-order valence-electron chi connectivity index (χ3n) is 5.69. The Balaban J connectivity index is 1.56. The zero-order chi connectivity index (χ0) is 18.4. The number of hydrogen-bond donors (Lipinski definition) is 3. The summed E-state index contributed by atoms with van der Waals surface area (Å²) in [6, 6.07) is 17.1. The minimum Gasteiger partial charge on any atom is -0.393 e. The van der Waals surface area contributed by atoms with E-state index in [9.17, 15) is 5.11 Å². The molecule has 5 nitrogen and oxygen atoms in total. The van der Waals surface area contributed by atoms with E-state index in [1.165, 1.54) is 10.8 Å². The fourth-order valence-corrected chi connectivity index (χ4v) is 4.20. The summed E-state index contributed by atoms with van der Waals surface area (Å²) in [7, 11) is 0. The van der Waals surface area contributed by atoms with Gasteiger partial charge in [-0.25, -0.2) is 9.97 Å². The first kappa shape index (κ1) is 16.3. The van der Waals surface area contributed by atoms with Gasteiger partial charge in [0.1, 0.15) is 17.8 Å². The number of anilines is 1. The molecule has 0 bridgehead atoms. The summed E-state index contributed by atoms with van der Waals surface area (Å²) in [6.45, 7) is 2.09. The molecule has 27 heavy (non-hydrogen) atoms. The SMILES string of the molecule is C[C@H]1C[C@@H](Nc2ncnc3[nH]c(-c4cccc5ccccc45)cc23)C[C@@H]1O. The van der Waals surface area contributed by atoms with Gasteiger partial charge < -0.3 is 15.4 Å². The summed E-state index contributed by atoms with van der Waals surface area (Å²) in [6.07, 6.45) is 3.06. The first-order valence-corrected chi connectivity index (χ1v) is 9.45. The highest BCUT2D eigenvalue weighted by molar-refractivity contribution is 5.99. The standard InChI is InChI=1S/C22H22N4O/c1-13-9-15(10-20(13)27)25-21-18-11-19(26-22(18)24-12-23-21)17-8-4-6-14-5-2-3-7-16(14)17/h2-8,11-13,15,20,27H,9-10H2,1H3,(H2,23,24,25,26)/t13-,15+,20-/m0/s1. The quantitative estimate of drug-likeness (QED) is 0.509. The van der Waals surface area contributed by atoms with Crippen molar-refractivity contribution in [2.24, 2.45) is 5.92 Å². The van der Waals surface area contributed by atoms with E-state index in [-0.39, 0.29) is 12.1 Å². The van der Waals surface area contributed by atoms with Gasteiger partial charge >= 0.3 is 0 Å². The van der Waals surface area contributed by atoms with Crippen molar-refractivity contribution in [3.63, 3.8) is 0 Å². The summed E-state index contributed by atoms with van der Waals surface area (Å²) >= 11 is 0. The topological polar surface area (TPSA) is 73.8 Å². The van der Waals surface area contributed by atoms with Crippen molar-refractivity contribution < 1.29 is 5.11 Å². The molecule has 1 aliphatic carbocycles. The lowest BCUT2D eigenvalue weighted by molar-refractivity contribution is 0.141. The number of aliphatic hydroxyl groups is 1. The van der Waals surface area contributed by atoms with Crippen LogP contribution in [0.3, 0.4) is 0 Å². The second kappa shape index (κ2) is 6.35. The number of nitrogens with one attached hydrogen (secondary N) is 2. The van der Waals surface area contributed by atoms with Gasteiger partial charge in [0.2, 0.25) is 0 Å². The minimum atomic E-state index is -0.239. The third kappa shape index (κ3) is 2.84. The maximum Gasteiger partial charge on any atom is 0.143 e. The Morgan fingerprint density at radius 1 is 1.04 bits per heavy atom. The fraction of sp³-hybridized carbons (Fsp3) is 0.273. The smallest absolute Gasteiger partial charge is 0.143 e. The van der Waals surface area contributed by atoms with Crippen LogP contribution >= 0.6 is 0 Å². The lowest BCUT2D eigenvalue weighted by atomic mass is 10.0. The van der Waals surface area contributed by atoms with Gasteiger partial charge in [0, 0.05) is 17.3 Å². The molecule has 0 radical (unpaired) electrons. The second-order valence-corrected chi connectivity index (χ2v) is 7.55. The van der Waals surface area contributed by atoms with Gasteiger partial charge in [-0.3, -0.25) is 0 Å². The highest BCUT2D eigenvalue weighted by Gasteiger charge is 2.30. The van der Waals surface area contributed by atoms with E-state index in [2.05, 4.69) is 75.7 Å². The summed E-state index contributed by atoms with van der Waals surface area (Å²) < 4.78 is 0. The van der Waals surface area contributed by atoms with Crippen LogP contribution in [-0.2, 0) is 0 Å². The molecular weight excluding hydrogens is 336 g/mol. The molecule has 1 aliphatic rings. The molecule has 136 valence electrons. The van der Waals surface area contributed by atoms with Gasteiger partial charge in [0.15, 0.2) is 0 Å². The van der Waals surface area contributed by atoms with Crippen LogP contribution < -0.4 is 5.32 Å². The Bertz CT molecular complexity index is 1100. The highest BCUT2D eigenvalue weighted by atomic mass is 16.3. The fourth-order valence-electron chi connectivity index (χ4n) is 4.20. The number of nitrogens with zero attached hydrogens (tertiary/aromatic N) is 2. The van der Waals surface area contributed by atoms with E-state index >= 15 is 0 Å². The Morgan fingerprint density at radius 3 is 2.74 bits per heavy atom. The maximum atomic E-state index is 10.0. The number of aromatic amines is 1. The number of hydrogen-bond acceptors (Lipinski definition) is 4. The second-order valence-electron chi connectivity index (χ2n) is 7.55. The molecule has 0 amide bonds. The predicted octanol–water partition coefficient (Wildman–Crippen LogP) is 4.35. The van der Waals surface area contributed by atoms with Crippen molar-refractivity contribution >= 4 is 27.6 Å². The Kier molecular flexibility index (Phi) is 3.83. The molecule has 4 aromatic rings. The van der Waals surface area contributed by atoms with Crippen LogP contribution in [0.25, 0.3) is 33.1 Å². The molecule has 3 atom stereocenters. The number of benzene rings is 2. The van der Waals surface area contributed by atoms with Crippen molar-refractivity contribution in [2.45, 2.75) is 31.9 Å². The molecule has 5 rings (SSSR count). The van der Waals surface area contributed by atoms with Gasteiger partial charge in [-0.15, -0.1) is 0 Å². The van der Waals surface area contributed by atoms with Crippen LogP contribution in [0.2, 0.25) is 0 Å². The average Bonchev–Trinajstić information content (AvgIpc) is 3.25. The number of rotatable bonds is 3. The minimum absolute atomic E-state index is 0.239. The monoisotopic (exact) mass is 358 g/mol. The molecule has 0 spiro atoms. The zero-order valence-electron chi connectivity index (χ0n) is 15.2. The van der Waals surface area contributed by atoms with E-state index in [4.69, 9.17) is 0 Å². The normalized spacial score (nSPS) is 22.5. The van der Waals surface area contributed by atoms with Crippen molar-refractivity contribution in [3.05, 3.63) is 54.9 Å². The number of aliphatic hydroxyl groups excluding tert-OH is 1. The van der Waals surface area contributed by atoms with Gasteiger partial charge in [-0.2, -0.15) is 0 Å². The largest absolute Gasteiger partial charge is 0.393 e. The van der Waals surface area contributed by atoms with Crippen LogP contribution in [0.4, 0.5) is 5.82 Å². The summed E-state index contributed by atoms with van der Waals surface area (Å²) in [5, 5.41) is 17.0. The van der Waals surface area contributed by atoms with E-state index in [0.717, 1.165) is 41.0 Å². The van der Waals surface area contributed by atoms with Crippen LogP contribution in [0.15, 0.2) is 54.9 Å². The van der Waals surface area contributed by atoms with E-state index < -0.39 is 0 Å². The molecule has 0 unspecified atom stereocenters. The highest BCUT2D eigenvalue weighted by Crippen LogP contribution is 2.33. The van der Waals surface area contributed by atoms with Crippen molar-refractivity contribution in [3.8, 4) is 11.3 Å². The van der Waals surface area contributed by atoms with Crippen molar-refractivity contribution in [2.75, 3.05) is 5.32 Å². The zero-order valence-corrected chi connectivity index (χ0v) is 15.2. The molecule has 2 aromatic carbocycles. The average molecular weight is 358 g/mol. The van der Waals surface area contributed by atoms with Crippen molar-refractivity contribution in [1.82, 2.24) is 15.0 Å². The lowest BCUT2D eigenvalue weighted by Gasteiger charge is -2.13. The predicted molar refractivity (Wildman–Crippen MR) is 109 cm³/mol. The first-order chi connectivity index (χ1) is 13.2. The number of H-pyrrole nitrogens is 1. The van der Waals surface area contributed by atoms with Gasteiger partial charge in [-0.1, -0.05) is 49.4 Å². The van der Waals surface area contributed by atoms with Crippen LogP contribution in [-0.4, -0.2) is 32.2 Å². The van der Waals surface area contributed by atoms with Crippen LogP contribution in [0, 0.1) is 5.92 Å². The molecule has 2 aromatic heterocycles. The molecule has 1 saturated carbocycles. The Morgan fingerprint density at radius 2 is 1.89 bits per heavy atom. The number of aromatic nitrogens is 3. The molecule has 2 heterocycles. The van der Waals surface area contributed by atoms with Crippen LogP contribution in [0.5, 0.6) is 0 Å². The van der Waals surface area contributed by atoms with Crippen LogP contribution in [0.1, 0.15) is 19.8 Å². The molecule has 0 saturated heterocycles. The summed E-state index contributed by atoms with van der Waals surface area (Å²) in [4.78, 5) is 12.3. The summed E-state index contributed by atoms with van der Waals surface area (Å²) in [5.41, 5.74) is 3.01. The van der Waals surface area contributed by atoms with Gasteiger partial charge in [0.05, 0.1) is 11.5 Å². The number of fused-ring (bicyclic) bond motifs is 2. The molecule has 3 N–H and O–H groups in total. The Hall–Kier alpha value is -2.92. The van der Waals surface area contributed by atoms with Crippen molar-refractivity contribution in [1.29, 1.82) is 0 Å². The lowest BCUT2D eigenvalue weighted by Crippen LogP contribution is -2.17. The van der Waals surface area contributed by atoms with E-state index in [1.54, 1.807) is 6.33 Å². The molecule has 0 aliphatic heterocycles. The third-order valence-corrected chi connectivity index (χ3v) is 5.69. The summed E-state index contributed by atoms with van der Waals surface area (Å²) in [5.74, 6) is 1.14. The Labute approximate surface area is 157 Å². The van der Waals surface area contributed by atoms with Gasteiger partial charge in [0.25, 0.3) is 0 Å².